The fourth-order valence-corrected chi connectivity index (χ4v) is 3.17. The van der Waals surface area contributed by atoms with Gasteiger partial charge >= 0.3 is 0 Å². The Morgan fingerprint density at radius 2 is 1.70 bits per heavy atom. The summed E-state index contributed by atoms with van der Waals surface area (Å²) in [4.78, 5) is 17.7. The topological polar surface area (TPSA) is 45.2 Å². The van der Waals surface area contributed by atoms with Crippen molar-refractivity contribution in [3.63, 3.8) is 0 Å². The highest BCUT2D eigenvalue weighted by atomic mass is 35.5. The maximum absolute atomic E-state index is 6.09. The zero-order valence-electron chi connectivity index (χ0n) is 12.6. The average molecular weight is 326 g/mol. The Hall–Kier alpha value is -2.40. The molecule has 3 aromatic rings. The SMILES string of the molecule is Clc1cccc(N2CCN(c3ncnc4ncccc34)CC2)c1. The molecule has 1 aliphatic heterocycles. The van der Waals surface area contributed by atoms with Crippen molar-refractivity contribution in [2.45, 2.75) is 0 Å². The zero-order chi connectivity index (χ0) is 15.6. The van der Waals surface area contributed by atoms with Crippen LogP contribution in [0.3, 0.4) is 0 Å². The summed E-state index contributed by atoms with van der Waals surface area (Å²) in [5.41, 5.74) is 1.92. The minimum Gasteiger partial charge on any atom is -0.368 e. The number of pyridine rings is 1. The lowest BCUT2D eigenvalue weighted by molar-refractivity contribution is 0.649. The molecular formula is C17H16ClN5. The number of anilines is 2. The van der Waals surface area contributed by atoms with Crippen molar-refractivity contribution >= 4 is 34.1 Å². The number of piperazine rings is 1. The fraction of sp³-hybridized carbons (Fsp3) is 0.235. The van der Waals surface area contributed by atoms with Gasteiger partial charge in [0.25, 0.3) is 0 Å². The summed E-state index contributed by atoms with van der Waals surface area (Å²) in [5.74, 6) is 0.967. The molecule has 1 aliphatic rings. The quantitative estimate of drug-likeness (QED) is 0.724. The molecule has 0 amide bonds. The van der Waals surface area contributed by atoms with Crippen LogP contribution in [0, 0.1) is 0 Å². The Morgan fingerprint density at radius 3 is 2.52 bits per heavy atom. The van der Waals surface area contributed by atoms with Crippen molar-refractivity contribution in [3.8, 4) is 0 Å². The molecule has 0 unspecified atom stereocenters. The van der Waals surface area contributed by atoms with Crippen molar-refractivity contribution < 1.29 is 0 Å². The van der Waals surface area contributed by atoms with Crippen LogP contribution in [0.2, 0.25) is 5.02 Å². The van der Waals surface area contributed by atoms with Gasteiger partial charge in [-0.1, -0.05) is 17.7 Å². The van der Waals surface area contributed by atoms with Crippen molar-refractivity contribution in [1.29, 1.82) is 0 Å². The lowest BCUT2D eigenvalue weighted by Gasteiger charge is -2.37. The number of aromatic nitrogens is 3. The zero-order valence-corrected chi connectivity index (χ0v) is 13.3. The molecule has 3 heterocycles. The minimum absolute atomic E-state index is 0.745. The predicted molar refractivity (Wildman–Crippen MR) is 93.2 cm³/mol. The molecule has 116 valence electrons. The van der Waals surface area contributed by atoms with Crippen molar-refractivity contribution in [3.05, 3.63) is 53.9 Å². The molecule has 1 aromatic carbocycles. The van der Waals surface area contributed by atoms with E-state index in [-0.39, 0.29) is 0 Å². The van der Waals surface area contributed by atoms with Crippen LogP contribution < -0.4 is 9.80 Å². The van der Waals surface area contributed by atoms with E-state index in [0.717, 1.165) is 48.1 Å². The number of halogens is 1. The monoisotopic (exact) mass is 325 g/mol. The summed E-state index contributed by atoms with van der Waals surface area (Å²) in [6.07, 6.45) is 3.35. The number of benzene rings is 1. The first-order valence-corrected chi connectivity index (χ1v) is 8.00. The first-order chi connectivity index (χ1) is 11.3. The second-order valence-electron chi connectivity index (χ2n) is 5.53. The Labute approximate surface area is 139 Å². The summed E-state index contributed by atoms with van der Waals surface area (Å²) in [5, 5.41) is 1.78. The molecule has 2 aromatic heterocycles. The molecule has 4 rings (SSSR count). The molecule has 23 heavy (non-hydrogen) atoms. The molecule has 0 radical (unpaired) electrons. The van der Waals surface area contributed by atoms with E-state index in [1.54, 1.807) is 12.5 Å². The Bertz CT molecular complexity index is 825. The summed E-state index contributed by atoms with van der Waals surface area (Å²) >= 11 is 6.09. The molecule has 0 aliphatic carbocycles. The lowest BCUT2D eigenvalue weighted by atomic mass is 10.2. The molecular weight excluding hydrogens is 310 g/mol. The van der Waals surface area contributed by atoms with E-state index in [0.29, 0.717) is 0 Å². The number of hydrogen-bond donors (Lipinski definition) is 0. The first kappa shape index (κ1) is 14.2. The van der Waals surface area contributed by atoms with E-state index in [4.69, 9.17) is 11.6 Å². The first-order valence-electron chi connectivity index (χ1n) is 7.62. The van der Waals surface area contributed by atoms with Gasteiger partial charge in [0.15, 0.2) is 5.65 Å². The smallest absolute Gasteiger partial charge is 0.164 e. The number of hydrogen-bond acceptors (Lipinski definition) is 5. The molecule has 0 spiro atoms. The summed E-state index contributed by atoms with van der Waals surface area (Å²) in [7, 11) is 0. The van der Waals surface area contributed by atoms with Gasteiger partial charge in [0.2, 0.25) is 0 Å². The van der Waals surface area contributed by atoms with Crippen LogP contribution in [0.5, 0.6) is 0 Å². The molecule has 5 nitrogen and oxygen atoms in total. The molecule has 1 fully saturated rings. The van der Waals surface area contributed by atoms with E-state index in [2.05, 4.69) is 30.8 Å². The van der Waals surface area contributed by atoms with Gasteiger partial charge in [-0.3, -0.25) is 0 Å². The largest absolute Gasteiger partial charge is 0.368 e. The van der Waals surface area contributed by atoms with Gasteiger partial charge in [-0.25, -0.2) is 15.0 Å². The number of nitrogens with zero attached hydrogens (tertiary/aromatic N) is 5. The van der Waals surface area contributed by atoms with Crippen LogP contribution in [0.15, 0.2) is 48.9 Å². The Balaban J connectivity index is 1.55. The third kappa shape index (κ3) is 2.80. The van der Waals surface area contributed by atoms with Crippen LogP contribution in [-0.4, -0.2) is 41.1 Å². The second-order valence-corrected chi connectivity index (χ2v) is 5.96. The van der Waals surface area contributed by atoms with Crippen LogP contribution in [0.25, 0.3) is 11.0 Å². The molecule has 0 bridgehead atoms. The van der Waals surface area contributed by atoms with Crippen LogP contribution >= 0.6 is 11.6 Å². The third-order valence-electron chi connectivity index (χ3n) is 4.14. The van der Waals surface area contributed by atoms with Gasteiger partial charge < -0.3 is 9.80 Å². The minimum atomic E-state index is 0.745. The number of rotatable bonds is 2. The van der Waals surface area contributed by atoms with Gasteiger partial charge in [-0.05, 0) is 30.3 Å². The normalized spacial score (nSPS) is 15.2. The Morgan fingerprint density at radius 1 is 0.870 bits per heavy atom. The maximum atomic E-state index is 6.09. The van der Waals surface area contributed by atoms with E-state index in [1.165, 1.54) is 5.69 Å². The molecule has 6 heteroatoms. The van der Waals surface area contributed by atoms with E-state index >= 15 is 0 Å². The van der Waals surface area contributed by atoms with Gasteiger partial charge in [-0.2, -0.15) is 0 Å². The molecule has 1 saturated heterocycles. The highest BCUT2D eigenvalue weighted by Crippen LogP contribution is 2.25. The van der Waals surface area contributed by atoms with Crippen molar-refractivity contribution in [2.24, 2.45) is 0 Å². The van der Waals surface area contributed by atoms with Crippen molar-refractivity contribution in [1.82, 2.24) is 15.0 Å². The van der Waals surface area contributed by atoms with Crippen LogP contribution in [0.1, 0.15) is 0 Å². The van der Waals surface area contributed by atoms with Gasteiger partial charge in [-0.15, -0.1) is 0 Å². The van der Waals surface area contributed by atoms with E-state index < -0.39 is 0 Å². The molecule has 0 atom stereocenters. The van der Waals surface area contributed by atoms with E-state index in [9.17, 15) is 0 Å². The van der Waals surface area contributed by atoms with Gasteiger partial charge in [0, 0.05) is 43.1 Å². The molecule has 0 saturated carbocycles. The second kappa shape index (κ2) is 6.01. The van der Waals surface area contributed by atoms with Gasteiger partial charge in [0.1, 0.15) is 12.1 Å². The summed E-state index contributed by atoms with van der Waals surface area (Å²) in [6, 6.07) is 12.0. The molecule has 0 N–H and O–H groups in total. The van der Waals surface area contributed by atoms with Crippen molar-refractivity contribution in [2.75, 3.05) is 36.0 Å². The third-order valence-corrected chi connectivity index (χ3v) is 4.38. The predicted octanol–water partition coefficient (Wildman–Crippen LogP) is 3.00. The Kier molecular flexibility index (Phi) is 3.71. The maximum Gasteiger partial charge on any atom is 0.164 e. The highest BCUT2D eigenvalue weighted by Gasteiger charge is 2.20. The standard InChI is InChI=1S/C17H16ClN5/c18-13-3-1-4-14(11-13)22-7-9-23(10-8-22)17-15-5-2-6-19-16(15)20-12-21-17/h1-6,11-12H,7-10H2. The van der Waals surface area contributed by atoms with Crippen LogP contribution in [0.4, 0.5) is 11.5 Å². The fourth-order valence-electron chi connectivity index (χ4n) is 2.98. The number of fused-ring (bicyclic) bond motifs is 1. The summed E-state index contributed by atoms with van der Waals surface area (Å²) < 4.78 is 0. The van der Waals surface area contributed by atoms with Crippen LogP contribution in [-0.2, 0) is 0 Å². The highest BCUT2D eigenvalue weighted by molar-refractivity contribution is 6.30. The average Bonchev–Trinajstić information content (AvgIpc) is 2.61. The lowest BCUT2D eigenvalue weighted by Crippen LogP contribution is -2.46. The summed E-state index contributed by atoms with van der Waals surface area (Å²) in [6.45, 7) is 3.69. The van der Waals surface area contributed by atoms with Gasteiger partial charge in [0.05, 0.1) is 5.39 Å². The van der Waals surface area contributed by atoms with E-state index in [1.807, 2.05) is 30.3 Å².